The molecule has 88 valence electrons. The topological polar surface area (TPSA) is 41.5 Å². The first kappa shape index (κ1) is 11.2. The molecule has 1 atom stereocenters. The summed E-state index contributed by atoms with van der Waals surface area (Å²) in [5.41, 5.74) is 0.672. The standard InChI is InChI=1S/C12H16FNO2/c1-16-10-5-4-9(12(15)11(10)13)8-3-2-6-14-7-8/h4-5,8,14-15H,2-3,6-7H2,1H3. The Morgan fingerprint density at radius 2 is 2.31 bits per heavy atom. The van der Waals surface area contributed by atoms with Crippen LogP contribution in [0.15, 0.2) is 12.1 Å². The first-order chi connectivity index (χ1) is 7.74. The van der Waals surface area contributed by atoms with Gasteiger partial charge in [-0.3, -0.25) is 0 Å². The number of piperidine rings is 1. The summed E-state index contributed by atoms with van der Waals surface area (Å²) >= 11 is 0. The van der Waals surface area contributed by atoms with Gasteiger partial charge in [0.25, 0.3) is 0 Å². The van der Waals surface area contributed by atoms with E-state index in [0.29, 0.717) is 5.56 Å². The average Bonchev–Trinajstić information content (AvgIpc) is 2.34. The van der Waals surface area contributed by atoms with Crippen molar-refractivity contribution in [3.8, 4) is 11.5 Å². The minimum atomic E-state index is -0.662. The molecule has 0 spiro atoms. The van der Waals surface area contributed by atoms with E-state index in [1.165, 1.54) is 7.11 Å². The summed E-state index contributed by atoms with van der Waals surface area (Å²) in [4.78, 5) is 0. The molecule has 16 heavy (non-hydrogen) atoms. The lowest BCUT2D eigenvalue weighted by atomic mass is 9.91. The van der Waals surface area contributed by atoms with Crippen LogP contribution in [0.2, 0.25) is 0 Å². The van der Waals surface area contributed by atoms with Crippen LogP contribution in [0.1, 0.15) is 24.3 Å². The molecular weight excluding hydrogens is 209 g/mol. The molecule has 0 aromatic heterocycles. The normalized spacial score (nSPS) is 20.8. The maximum atomic E-state index is 13.6. The van der Waals surface area contributed by atoms with E-state index in [4.69, 9.17) is 4.74 Å². The van der Waals surface area contributed by atoms with Crippen LogP contribution >= 0.6 is 0 Å². The zero-order valence-corrected chi connectivity index (χ0v) is 9.29. The molecule has 0 radical (unpaired) electrons. The van der Waals surface area contributed by atoms with Crippen molar-refractivity contribution in [2.45, 2.75) is 18.8 Å². The van der Waals surface area contributed by atoms with Gasteiger partial charge in [0.1, 0.15) is 0 Å². The van der Waals surface area contributed by atoms with E-state index < -0.39 is 5.82 Å². The highest BCUT2D eigenvalue weighted by Crippen LogP contribution is 2.36. The number of phenolic OH excluding ortho intramolecular Hbond substituents is 1. The predicted molar refractivity (Wildman–Crippen MR) is 59.5 cm³/mol. The summed E-state index contributed by atoms with van der Waals surface area (Å²) in [5.74, 6) is -0.655. The molecule has 0 bridgehead atoms. The van der Waals surface area contributed by atoms with Gasteiger partial charge in [-0.05, 0) is 25.5 Å². The van der Waals surface area contributed by atoms with Crippen molar-refractivity contribution in [2.24, 2.45) is 0 Å². The zero-order valence-electron chi connectivity index (χ0n) is 9.29. The van der Waals surface area contributed by atoms with Gasteiger partial charge in [0.2, 0.25) is 5.82 Å². The number of phenols is 1. The number of benzene rings is 1. The Labute approximate surface area is 94.2 Å². The number of halogens is 1. The second kappa shape index (κ2) is 4.70. The largest absolute Gasteiger partial charge is 0.505 e. The van der Waals surface area contributed by atoms with Crippen LogP contribution in [0.4, 0.5) is 4.39 Å². The Balaban J connectivity index is 2.30. The maximum Gasteiger partial charge on any atom is 0.206 e. The van der Waals surface area contributed by atoms with E-state index in [1.54, 1.807) is 12.1 Å². The molecule has 1 unspecified atom stereocenters. The van der Waals surface area contributed by atoms with Gasteiger partial charge in [0.15, 0.2) is 11.5 Å². The molecule has 1 aromatic carbocycles. The molecule has 3 nitrogen and oxygen atoms in total. The summed E-state index contributed by atoms with van der Waals surface area (Å²) in [7, 11) is 1.39. The third-order valence-corrected chi connectivity index (χ3v) is 3.07. The van der Waals surface area contributed by atoms with Crippen LogP contribution in [0, 0.1) is 5.82 Å². The van der Waals surface area contributed by atoms with E-state index in [-0.39, 0.29) is 17.4 Å². The Morgan fingerprint density at radius 3 is 2.94 bits per heavy atom. The number of rotatable bonds is 2. The highest BCUT2D eigenvalue weighted by molar-refractivity contribution is 5.43. The second-order valence-corrected chi connectivity index (χ2v) is 4.06. The molecule has 1 aliphatic heterocycles. The van der Waals surface area contributed by atoms with Gasteiger partial charge >= 0.3 is 0 Å². The first-order valence-electron chi connectivity index (χ1n) is 5.50. The van der Waals surface area contributed by atoms with E-state index in [2.05, 4.69) is 5.32 Å². The number of aromatic hydroxyl groups is 1. The second-order valence-electron chi connectivity index (χ2n) is 4.06. The third-order valence-electron chi connectivity index (χ3n) is 3.07. The van der Waals surface area contributed by atoms with Crippen molar-refractivity contribution >= 4 is 0 Å². The molecule has 1 fully saturated rings. The molecule has 2 N–H and O–H groups in total. The lowest BCUT2D eigenvalue weighted by Crippen LogP contribution is -2.28. The first-order valence-corrected chi connectivity index (χ1v) is 5.50. The number of methoxy groups -OCH3 is 1. The van der Waals surface area contributed by atoms with Crippen LogP contribution in [0.3, 0.4) is 0 Å². The fraction of sp³-hybridized carbons (Fsp3) is 0.500. The van der Waals surface area contributed by atoms with Crippen molar-refractivity contribution in [1.82, 2.24) is 5.32 Å². The van der Waals surface area contributed by atoms with Gasteiger partial charge in [0.05, 0.1) is 7.11 Å². The minimum absolute atomic E-state index is 0.0880. The van der Waals surface area contributed by atoms with Gasteiger partial charge in [-0.15, -0.1) is 0 Å². The van der Waals surface area contributed by atoms with Crippen LogP contribution in [-0.2, 0) is 0 Å². The summed E-state index contributed by atoms with van der Waals surface area (Å²) in [5, 5.41) is 13.0. The van der Waals surface area contributed by atoms with Crippen molar-refractivity contribution in [2.75, 3.05) is 20.2 Å². The molecular formula is C12H16FNO2. The molecule has 1 saturated heterocycles. The Kier molecular flexibility index (Phi) is 3.29. The van der Waals surface area contributed by atoms with Gasteiger partial charge < -0.3 is 15.2 Å². The summed E-state index contributed by atoms with van der Waals surface area (Å²) in [6.07, 6.45) is 2.03. The van der Waals surface area contributed by atoms with Gasteiger partial charge in [-0.2, -0.15) is 4.39 Å². The Bertz CT molecular complexity index is 376. The van der Waals surface area contributed by atoms with Gasteiger partial charge in [0, 0.05) is 18.0 Å². The van der Waals surface area contributed by atoms with Crippen LogP contribution in [0.25, 0.3) is 0 Å². The fourth-order valence-electron chi connectivity index (χ4n) is 2.17. The number of hydrogen-bond acceptors (Lipinski definition) is 3. The average molecular weight is 225 g/mol. The van der Waals surface area contributed by atoms with Crippen LogP contribution in [-0.4, -0.2) is 25.3 Å². The fourth-order valence-corrected chi connectivity index (χ4v) is 2.17. The van der Waals surface area contributed by atoms with Gasteiger partial charge in [-0.25, -0.2) is 0 Å². The highest BCUT2D eigenvalue weighted by atomic mass is 19.1. The predicted octanol–water partition coefficient (Wildman–Crippen LogP) is 2.01. The molecule has 1 aromatic rings. The Hall–Kier alpha value is -1.29. The van der Waals surface area contributed by atoms with Crippen molar-refractivity contribution in [3.05, 3.63) is 23.5 Å². The van der Waals surface area contributed by atoms with Crippen molar-refractivity contribution in [1.29, 1.82) is 0 Å². The summed E-state index contributed by atoms with van der Waals surface area (Å²) < 4.78 is 18.4. The molecule has 2 rings (SSSR count). The number of hydrogen-bond donors (Lipinski definition) is 2. The van der Waals surface area contributed by atoms with E-state index >= 15 is 0 Å². The molecule has 1 aliphatic rings. The summed E-state index contributed by atoms with van der Waals surface area (Å²) in [6, 6.07) is 3.31. The molecule has 0 aliphatic carbocycles. The van der Waals surface area contributed by atoms with Crippen molar-refractivity contribution in [3.63, 3.8) is 0 Å². The van der Waals surface area contributed by atoms with E-state index in [1.807, 2.05) is 0 Å². The minimum Gasteiger partial charge on any atom is -0.505 e. The molecule has 4 heteroatoms. The van der Waals surface area contributed by atoms with Gasteiger partial charge in [-0.1, -0.05) is 6.07 Å². The monoisotopic (exact) mass is 225 g/mol. The van der Waals surface area contributed by atoms with Crippen molar-refractivity contribution < 1.29 is 14.2 Å². The van der Waals surface area contributed by atoms with Crippen LogP contribution in [0.5, 0.6) is 11.5 Å². The molecule has 0 amide bonds. The lowest BCUT2D eigenvalue weighted by Gasteiger charge is -2.24. The smallest absolute Gasteiger partial charge is 0.206 e. The van der Waals surface area contributed by atoms with Crippen LogP contribution < -0.4 is 10.1 Å². The SMILES string of the molecule is COc1ccc(C2CCCNC2)c(O)c1F. The molecule has 0 saturated carbocycles. The maximum absolute atomic E-state index is 13.6. The summed E-state index contributed by atoms with van der Waals surface area (Å²) in [6.45, 7) is 1.79. The van der Waals surface area contributed by atoms with E-state index in [9.17, 15) is 9.50 Å². The zero-order chi connectivity index (χ0) is 11.5. The third kappa shape index (κ3) is 1.97. The number of nitrogens with one attached hydrogen (secondary N) is 1. The molecule has 1 heterocycles. The van der Waals surface area contributed by atoms with E-state index in [0.717, 1.165) is 25.9 Å². The lowest BCUT2D eigenvalue weighted by molar-refractivity contribution is 0.356. The Morgan fingerprint density at radius 1 is 1.50 bits per heavy atom. The highest BCUT2D eigenvalue weighted by Gasteiger charge is 2.21. The number of ether oxygens (including phenoxy) is 1. The quantitative estimate of drug-likeness (QED) is 0.809.